The van der Waals surface area contributed by atoms with Crippen molar-refractivity contribution in [2.24, 2.45) is 0 Å². The summed E-state index contributed by atoms with van der Waals surface area (Å²) < 4.78 is 27.1. The Kier molecular flexibility index (Phi) is 7.27. The van der Waals surface area contributed by atoms with Gasteiger partial charge in [0.05, 0.1) is 25.2 Å². The molecule has 0 bridgehead atoms. The van der Waals surface area contributed by atoms with Gasteiger partial charge in [0.2, 0.25) is 11.7 Å². The van der Waals surface area contributed by atoms with E-state index in [1.54, 1.807) is 0 Å². The molecule has 0 radical (unpaired) electrons. The van der Waals surface area contributed by atoms with Crippen molar-refractivity contribution in [1.82, 2.24) is 15.3 Å². The summed E-state index contributed by atoms with van der Waals surface area (Å²) in [4.78, 5) is 23.5. The third-order valence-electron chi connectivity index (χ3n) is 6.32. The normalized spacial score (nSPS) is 21.5. The molecule has 1 amide bonds. The van der Waals surface area contributed by atoms with Crippen LogP contribution in [0.1, 0.15) is 44.7 Å². The summed E-state index contributed by atoms with van der Waals surface area (Å²) in [6.45, 7) is 5.99. The zero-order valence-electron chi connectivity index (χ0n) is 19.5. The number of anilines is 2. The van der Waals surface area contributed by atoms with E-state index in [0.29, 0.717) is 31.3 Å². The fraction of sp³-hybridized carbons (Fsp3) is 0.542. The van der Waals surface area contributed by atoms with Crippen LogP contribution in [-0.2, 0) is 9.53 Å². The number of halogens is 1. The van der Waals surface area contributed by atoms with Gasteiger partial charge < -0.3 is 24.6 Å². The molecule has 1 aromatic carbocycles. The summed E-state index contributed by atoms with van der Waals surface area (Å²) in [5, 5.41) is 2.87. The van der Waals surface area contributed by atoms with E-state index in [1.807, 2.05) is 48.0 Å². The molecular formula is C24H32FN5O3. The third kappa shape index (κ3) is 5.52. The molecule has 1 aromatic heterocycles. The van der Waals surface area contributed by atoms with Crippen LogP contribution >= 0.6 is 0 Å². The predicted octanol–water partition coefficient (Wildman–Crippen LogP) is 3.09. The van der Waals surface area contributed by atoms with Gasteiger partial charge in [-0.1, -0.05) is 12.1 Å². The fourth-order valence-corrected chi connectivity index (χ4v) is 4.45. The van der Waals surface area contributed by atoms with Crippen molar-refractivity contribution in [3.05, 3.63) is 42.0 Å². The van der Waals surface area contributed by atoms with Crippen molar-refractivity contribution < 1.29 is 18.7 Å². The largest absolute Gasteiger partial charge is 0.489 e. The lowest BCUT2D eigenvalue weighted by molar-refractivity contribution is -0.119. The number of hydrogen-bond donors (Lipinski definition) is 1. The topological polar surface area (TPSA) is 79.8 Å². The van der Waals surface area contributed by atoms with Gasteiger partial charge >= 0.3 is 0 Å². The van der Waals surface area contributed by atoms with Gasteiger partial charge in [-0.2, -0.15) is 4.39 Å². The Bertz CT molecular complexity index is 952. The maximum absolute atomic E-state index is 15.4. The second-order valence-corrected chi connectivity index (χ2v) is 8.78. The molecule has 2 fully saturated rings. The molecule has 0 spiro atoms. The van der Waals surface area contributed by atoms with Crippen LogP contribution in [0.5, 0.6) is 5.75 Å². The second-order valence-electron chi connectivity index (χ2n) is 8.78. The minimum atomic E-state index is -0.400. The van der Waals surface area contributed by atoms with Gasteiger partial charge in [0.15, 0.2) is 11.6 Å². The molecule has 4 rings (SSSR count). The molecule has 3 atom stereocenters. The van der Waals surface area contributed by atoms with E-state index in [2.05, 4.69) is 15.3 Å². The highest BCUT2D eigenvalue weighted by Gasteiger charge is 2.30. The molecular weight excluding hydrogens is 425 g/mol. The number of aromatic nitrogens is 2. The first-order valence-corrected chi connectivity index (χ1v) is 11.5. The summed E-state index contributed by atoms with van der Waals surface area (Å²) in [7, 11) is 1.86. The minimum absolute atomic E-state index is 0.0627. The Morgan fingerprint density at radius 1 is 1.30 bits per heavy atom. The van der Waals surface area contributed by atoms with Gasteiger partial charge in [0.25, 0.3) is 0 Å². The maximum atomic E-state index is 15.4. The zero-order valence-corrected chi connectivity index (χ0v) is 19.5. The van der Waals surface area contributed by atoms with Crippen LogP contribution in [0, 0.1) is 5.82 Å². The molecule has 33 heavy (non-hydrogen) atoms. The molecule has 1 unspecified atom stereocenters. The first-order valence-electron chi connectivity index (χ1n) is 11.5. The predicted molar refractivity (Wildman–Crippen MR) is 124 cm³/mol. The van der Waals surface area contributed by atoms with Crippen LogP contribution in [-0.4, -0.2) is 61.4 Å². The van der Waals surface area contributed by atoms with Crippen LogP contribution in [0.15, 0.2) is 30.6 Å². The number of hydrogen-bond acceptors (Lipinski definition) is 7. The van der Waals surface area contributed by atoms with Crippen LogP contribution in [0.25, 0.3) is 0 Å². The zero-order chi connectivity index (χ0) is 23.4. The molecule has 0 aliphatic carbocycles. The Morgan fingerprint density at radius 3 is 2.79 bits per heavy atom. The summed E-state index contributed by atoms with van der Waals surface area (Å²) in [6.07, 6.45) is 4.06. The van der Waals surface area contributed by atoms with E-state index >= 15 is 4.39 Å². The molecule has 0 saturated carbocycles. The number of nitrogens with one attached hydrogen (secondary N) is 1. The Labute approximate surface area is 194 Å². The van der Waals surface area contributed by atoms with Gasteiger partial charge in [-0.25, -0.2) is 9.97 Å². The smallest absolute Gasteiger partial charge is 0.217 e. The molecule has 9 heteroatoms. The van der Waals surface area contributed by atoms with Gasteiger partial charge in [-0.15, -0.1) is 0 Å². The first kappa shape index (κ1) is 23.2. The van der Waals surface area contributed by atoms with E-state index in [9.17, 15) is 4.79 Å². The number of amides is 1. The van der Waals surface area contributed by atoms with Crippen molar-refractivity contribution in [3.8, 4) is 5.75 Å². The van der Waals surface area contributed by atoms with Crippen molar-refractivity contribution in [3.63, 3.8) is 0 Å². The van der Waals surface area contributed by atoms with Crippen LogP contribution in [0.2, 0.25) is 0 Å². The molecule has 2 saturated heterocycles. The highest BCUT2D eigenvalue weighted by molar-refractivity contribution is 5.73. The molecule has 3 heterocycles. The number of carbonyl (C=O) groups is 1. The minimum Gasteiger partial charge on any atom is -0.489 e. The monoisotopic (exact) mass is 457 g/mol. The molecule has 2 aromatic rings. The van der Waals surface area contributed by atoms with Gasteiger partial charge in [-0.3, -0.25) is 4.79 Å². The summed E-state index contributed by atoms with van der Waals surface area (Å²) >= 11 is 0. The summed E-state index contributed by atoms with van der Waals surface area (Å²) in [5.41, 5.74) is 1.01. The van der Waals surface area contributed by atoms with E-state index < -0.39 is 5.82 Å². The number of nitrogens with zero attached hydrogens (tertiary/aromatic N) is 4. The molecule has 2 aliphatic heterocycles. The maximum Gasteiger partial charge on any atom is 0.217 e. The highest BCUT2D eigenvalue weighted by Crippen LogP contribution is 2.30. The number of benzene rings is 1. The van der Waals surface area contributed by atoms with Gasteiger partial charge in [0, 0.05) is 33.5 Å². The lowest BCUT2D eigenvalue weighted by Crippen LogP contribution is -2.39. The van der Waals surface area contributed by atoms with E-state index in [4.69, 9.17) is 9.47 Å². The Morgan fingerprint density at radius 2 is 2.09 bits per heavy atom. The van der Waals surface area contributed by atoms with E-state index in [0.717, 1.165) is 37.2 Å². The van der Waals surface area contributed by atoms with Crippen molar-refractivity contribution in [1.29, 1.82) is 0 Å². The summed E-state index contributed by atoms with van der Waals surface area (Å²) in [6, 6.07) is 7.75. The van der Waals surface area contributed by atoms with E-state index in [-0.39, 0.29) is 24.1 Å². The van der Waals surface area contributed by atoms with Crippen LogP contribution < -0.4 is 19.9 Å². The molecule has 2 aliphatic rings. The third-order valence-corrected chi connectivity index (χ3v) is 6.32. The standard InChI is InChI=1S/C24H32FN5O3/c1-16(28-17(2)31)18-6-8-20(9-7-18)33-21-10-11-30(13-21)24-22(25)23(26-15-27-24)29(3)19-5-4-12-32-14-19/h6-9,15-16,19,21H,4-5,10-14H2,1-3H3,(H,28,31)/t16-,19?,21+/m0/s1. The molecule has 178 valence electrons. The van der Waals surface area contributed by atoms with E-state index in [1.165, 1.54) is 13.3 Å². The highest BCUT2D eigenvalue weighted by atomic mass is 19.1. The SMILES string of the molecule is CC(=O)N[C@@H](C)c1ccc(O[C@@H]2CCN(c3ncnc(N(C)C4CCCOC4)c3F)C2)cc1. The quantitative estimate of drug-likeness (QED) is 0.684. The van der Waals surface area contributed by atoms with Gasteiger partial charge in [-0.05, 0) is 37.5 Å². The Hall–Kier alpha value is -2.94. The number of likely N-dealkylation sites (N-methyl/N-ethyl adjacent to an activating group) is 1. The molecule has 8 nitrogen and oxygen atoms in total. The first-order chi connectivity index (χ1) is 15.9. The van der Waals surface area contributed by atoms with Crippen molar-refractivity contribution in [2.45, 2.75) is 51.3 Å². The second kappa shape index (κ2) is 10.3. The fourth-order valence-electron chi connectivity index (χ4n) is 4.45. The summed E-state index contributed by atoms with van der Waals surface area (Å²) in [5.74, 6) is 0.911. The Balaban J connectivity index is 1.38. The lowest BCUT2D eigenvalue weighted by atomic mass is 10.1. The lowest BCUT2D eigenvalue weighted by Gasteiger charge is -2.32. The van der Waals surface area contributed by atoms with Crippen molar-refractivity contribution >= 4 is 17.5 Å². The number of rotatable bonds is 7. The number of ether oxygens (including phenoxy) is 2. The average molecular weight is 458 g/mol. The average Bonchev–Trinajstić information content (AvgIpc) is 3.27. The van der Waals surface area contributed by atoms with Gasteiger partial charge in [0.1, 0.15) is 18.2 Å². The van der Waals surface area contributed by atoms with Crippen molar-refractivity contribution in [2.75, 3.05) is 43.2 Å². The molecule has 1 N–H and O–H groups in total. The number of carbonyl (C=O) groups excluding carboxylic acids is 1. The van der Waals surface area contributed by atoms with Crippen LogP contribution in [0.3, 0.4) is 0 Å². The van der Waals surface area contributed by atoms with Crippen LogP contribution in [0.4, 0.5) is 16.0 Å².